The van der Waals surface area contributed by atoms with Gasteiger partial charge < -0.3 is 9.47 Å². The highest BCUT2D eigenvalue weighted by Crippen LogP contribution is 2.20. The summed E-state index contributed by atoms with van der Waals surface area (Å²) in [4.78, 5) is 14.9. The Kier molecular flexibility index (Phi) is 3.89. The van der Waals surface area contributed by atoms with Crippen LogP contribution in [0.4, 0.5) is 0 Å². The van der Waals surface area contributed by atoms with E-state index in [9.17, 15) is 4.79 Å². The van der Waals surface area contributed by atoms with Crippen LogP contribution in [0, 0.1) is 0 Å². The van der Waals surface area contributed by atoms with Crippen molar-refractivity contribution in [3.63, 3.8) is 0 Å². The maximum Gasteiger partial charge on any atom is 0.168 e. The first-order chi connectivity index (χ1) is 8.72. The van der Waals surface area contributed by atoms with Crippen LogP contribution in [0.3, 0.4) is 0 Å². The van der Waals surface area contributed by atoms with Gasteiger partial charge >= 0.3 is 0 Å². The molecular formula is C14H15NO3. The summed E-state index contributed by atoms with van der Waals surface area (Å²) in [5.41, 5.74) is 1.17. The number of hydrogen-bond acceptors (Lipinski definition) is 4. The van der Waals surface area contributed by atoms with Gasteiger partial charge in [-0.2, -0.15) is 0 Å². The van der Waals surface area contributed by atoms with E-state index in [1.165, 1.54) is 0 Å². The molecule has 1 aromatic carbocycles. The van der Waals surface area contributed by atoms with Crippen LogP contribution in [-0.2, 0) is 4.74 Å². The van der Waals surface area contributed by atoms with Crippen LogP contribution in [-0.4, -0.2) is 31.1 Å². The highest BCUT2D eigenvalue weighted by molar-refractivity contribution is 5.84. The minimum atomic E-state index is -0.0262. The quantitative estimate of drug-likeness (QED) is 0.759. The maximum absolute atomic E-state index is 10.7. The van der Waals surface area contributed by atoms with Crippen LogP contribution in [0.5, 0.6) is 5.75 Å². The fourth-order valence-corrected chi connectivity index (χ4v) is 1.75. The standard InChI is InChI=1S/C14H15NO3/c1-10(9-17-2)18-13-6-4-11-3-5-12(8-16)15-14(11)7-13/h3-8,10H,9H2,1-2H3/t10-/m1/s1. The van der Waals surface area contributed by atoms with Crippen LogP contribution in [0.25, 0.3) is 10.9 Å². The second-order valence-electron chi connectivity index (χ2n) is 4.09. The third-order valence-corrected chi connectivity index (χ3v) is 2.54. The number of pyridine rings is 1. The Balaban J connectivity index is 2.27. The highest BCUT2D eigenvalue weighted by Gasteiger charge is 2.05. The molecule has 1 heterocycles. The van der Waals surface area contributed by atoms with Crippen LogP contribution < -0.4 is 4.74 Å². The van der Waals surface area contributed by atoms with Crippen molar-refractivity contribution in [2.45, 2.75) is 13.0 Å². The Hall–Kier alpha value is -1.94. The maximum atomic E-state index is 10.7. The number of aromatic nitrogens is 1. The fraction of sp³-hybridized carbons (Fsp3) is 0.286. The summed E-state index contributed by atoms with van der Waals surface area (Å²) >= 11 is 0. The second kappa shape index (κ2) is 5.60. The molecule has 0 aliphatic rings. The van der Waals surface area contributed by atoms with Crippen molar-refractivity contribution >= 4 is 17.2 Å². The molecule has 0 aliphatic heterocycles. The van der Waals surface area contributed by atoms with Crippen LogP contribution in [0.2, 0.25) is 0 Å². The van der Waals surface area contributed by atoms with Gasteiger partial charge in [-0.25, -0.2) is 4.98 Å². The van der Waals surface area contributed by atoms with Gasteiger partial charge in [-0.05, 0) is 25.1 Å². The molecule has 2 rings (SSSR count). The van der Waals surface area contributed by atoms with E-state index in [0.29, 0.717) is 12.3 Å². The molecule has 1 aromatic heterocycles. The Labute approximate surface area is 106 Å². The average molecular weight is 245 g/mol. The lowest BCUT2D eigenvalue weighted by Gasteiger charge is -2.13. The van der Waals surface area contributed by atoms with Gasteiger partial charge in [-0.15, -0.1) is 0 Å². The number of carbonyl (C=O) groups excluding carboxylic acids is 1. The Morgan fingerprint density at radius 2 is 2.11 bits per heavy atom. The lowest BCUT2D eigenvalue weighted by Crippen LogP contribution is -2.17. The lowest BCUT2D eigenvalue weighted by atomic mass is 10.2. The summed E-state index contributed by atoms with van der Waals surface area (Å²) in [5.74, 6) is 0.725. The van der Waals surface area contributed by atoms with Crippen molar-refractivity contribution in [1.82, 2.24) is 4.98 Å². The Bertz CT molecular complexity index is 554. The zero-order valence-corrected chi connectivity index (χ0v) is 10.4. The van der Waals surface area contributed by atoms with Gasteiger partial charge in [0.15, 0.2) is 6.29 Å². The highest BCUT2D eigenvalue weighted by atomic mass is 16.5. The number of methoxy groups -OCH3 is 1. The topological polar surface area (TPSA) is 48.4 Å². The molecule has 0 aliphatic carbocycles. The number of benzene rings is 1. The van der Waals surface area contributed by atoms with Crippen molar-refractivity contribution in [3.8, 4) is 5.75 Å². The van der Waals surface area contributed by atoms with E-state index in [0.717, 1.165) is 22.9 Å². The number of fused-ring (bicyclic) bond motifs is 1. The molecule has 0 saturated carbocycles. The van der Waals surface area contributed by atoms with E-state index in [1.54, 1.807) is 13.2 Å². The lowest BCUT2D eigenvalue weighted by molar-refractivity contribution is 0.0922. The molecule has 0 spiro atoms. The van der Waals surface area contributed by atoms with Crippen molar-refractivity contribution in [2.75, 3.05) is 13.7 Å². The molecule has 0 fully saturated rings. The minimum Gasteiger partial charge on any atom is -0.488 e. The number of aldehydes is 1. The largest absolute Gasteiger partial charge is 0.488 e. The summed E-state index contributed by atoms with van der Waals surface area (Å²) in [6, 6.07) is 9.20. The van der Waals surface area contributed by atoms with Crippen molar-refractivity contribution in [3.05, 3.63) is 36.0 Å². The molecule has 18 heavy (non-hydrogen) atoms. The molecule has 0 saturated heterocycles. The van der Waals surface area contributed by atoms with Crippen molar-refractivity contribution < 1.29 is 14.3 Å². The van der Waals surface area contributed by atoms with Crippen LogP contribution >= 0.6 is 0 Å². The zero-order chi connectivity index (χ0) is 13.0. The number of nitrogens with zero attached hydrogens (tertiary/aromatic N) is 1. The smallest absolute Gasteiger partial charge is 0.168 e. The van der Waals surface area contributed by atoms with Gasteiger partial charge in [0.25, 0.3) is 0 Å². The first kappa shape index (κ1) is 12.5. The van der Waals surface area contributed by atoms with E-state index in [-0.39, 0.29) is 6.10 Å². The normalized spacial score (nSPS) is 12.3. The molecule has 1 atom stereocenters. The number of carbonyl (C=O) groups is 1. The molecule has 0 N–H and O–H groups in total. The van der Waals surface area contributed by atoms with Gasteiger partial charge in [0.05, 0.1) is 12.1 Å². The molecule has 0 radical (unpaired) electrons. The summed E-state index contributed by atoms with van der Waals surface area (Å²) in [7, 11) is 1.64. The van der Waals surface area contributed by atoms with Gasteiger partial charge in [-0.1, -0.05) is 6.07 Å². The number of rotatable bonds is 5. The fourth-order valence-electron chi connectivity index (χ4n) is 1.75. The summed E-state index contributed by atoms with van der Waals surface area (Å²) in [6.45, 7) is 2.46. The number of ether oxygens (including phenoxy) is 2. The summed E-state index contributed by atoms with van der Waals surface area (Å²) in [6.07, 6.45) is 0.710. The third kappa shape index (κ3) is 2.84. The van der Waals surface area contributed by atoms with E-state index in [4.69, 9.17) is 9.47 Å². The monoisotopic (exact) mass is 245 g/mol. The van der Waals surface area contributed by atoms with Gasteiger partial charge in [-0.3, -0.25) is 4.79 Å². The van der Waals surface area contributed by atoms with E-state index < -0.39 is 0 Å². The van der Waals surface area contributed by atoms with E-state index in [1.807, 2.05) is 31.2 Å². The SMILES string of the molecule is COC[C@@H](C)Oc1ccc2ccc(C=O)nc2c1. The molecule has 2 aromatic rings. The average Bonchev–Trinajstić information content (AvgIpc) is 2.38. The van der Waals surface area contributed by atoms with Crippen LogP contribution in [0.1, 0.15) is 17.4 Å². The second-order valence-corrected chi connectivity index (χ2v) is 4.09. The van der Waals surface area contributed by atoms with Crippen molar-refractivity contribution in [1.29, 1.82) is 0 Å². The molecule has 0 bridgehead atoms. The first-order valence-corrected chi connectivity index (χ1v) is 5.74. The Morgan fingerprint density at radius 3 is 2.83 bits per heavy atom. The molecular weight excluding hydrogens is 230 g/mol. The molecule has 94 valence electrons. The predicted molar refractivity (Wildman–Crippen MR) is 69.1 cm³/mol. The van der Waals surface area contributed by atoms with Gasteiger partial charge in [0, 0.05) is 18.6 Å². The number of hydrogen-bond donors (Lipinski definition) is 0. The van der Waals surface area contributed by atoms with Crippen molar-refractivity contribution in [2.24, 2.45) is 0 Å². The zero-order valence-electron chi connectivity index (χ0n) is 10.4. The van der Waals surface area contributed by atoms with Gasteiger partial charge in [0.1, 0.15) is 17.5 Å². The summed E-state index contributed by atoms with van der Waals surface area (Å²) in [5, 5.41) is 0.979. The van der Waals surface area contributed by atoms with E-state index in [2.05, 4.69) is 4.98 Å². The Morgan fingerprint density at radius 1 is 1.33 bits per heavy atom. The third-order valence-electron chi connectivity index (χ3n) is 2.54. The summed E-state index contributed by atoms with van der Waals surface area (Å²) < 4.78 is 10.7. The molecule has 4 nitrogen and oxygen atoms in total. The van der Waals surface area contributed by atoms with Gasteiger partial charge in [0.2, 0.25) is 0 Å². The first-order valence-electron chi connectivity index (χ1n) is 5.74. The molecule has 4 heteroatoms. The molecule has 0 amide bonds. The van der Waals surface area contributed by atoms with Crippen LogP contribution in [0.15, 0.2) is 30.3 Å². The molecule has 0 unspecified atom stereocenters. The predicted octanol–water partition coefficient (Wildman–Crippen LogP) is 2.46. The minimum absolute atomic E-state index is 0.0262. The van der Waals surface area contributed by atoms with E-state index >= 15 is 0 Å².